The number of ether oxygens (including phenoxy) is 1. The van der Waals surface area contributed by atoms with Gasteiger partial charge in [0.15, 0.2) is 5.96 Å². The highest BCUT2D eigenvalue weighted by atomic mass is 127. The summed E-state index contributed by atoms with van der Waals surface area (Å²) in [5.41, 5.74) is 0.901. The molecule has 0 saturated carbocycles. The van der Waals surface area contributed by atoms with Gasteiger partial charge in [-0.25, -0.2) is 17.8 Å². The highest BCUT2D eigenvalue weighted by molar-refractivity contribution is 14.0. The van der Waals surface area contributed by atoms with E-state index in [4.69, 9.17) is 4.74 Å². The molecule has 0 aliphatic carbocycles. The van der Waals surface area contributed by atoms with Gasteiger partial charge in [-0.05, 0) is 31.0 Å². The number of rotatable bonds is 8. The van der Waals surface area contributed by atoms with E-state index in [-0.39, 0.29) is 41.6 Å². The predicted molar refractivity (Wildman–Crippen MR) is 123 cm³/mol. The van der Waals surface area contributed by atoms with E-state index in [2.05, 4.69) is 20.6 Å². The summed E-state index contributed by atoms with van der Waals surface area (Å²) in [7, 11) is -1.34. The van der Waals surface area contributed by atoms with E-state index < -0.39 is 9.84 Å². The normalized spacial score (nSPS) is 12.6. The number of sulfone groups is 1. The highest BCUT2D eigenvalue weighted by Crippen LogP contribution is 2.19. The first kappa shape index (κ1) is 25.1. The van der Waals surface area contributed by atoms with Gasteiger partial charge in [-0.3, -0.25) is 4.99 Å². The summed E-state index contributed by atoms with van der Waals surface area (Å²) in [6.45, 7) is 2.38. The minimum atomic E-state index is -2.99. The van der Waals surface area contributed by atoms with Crippen LogP contribution in [0.4, 0.5) is 4.39 Å². The van der Waals surface area contributed by atoms with Crippen molar-refractivity contribution in [3.63, 3.8) is 0 Å². The Hall–Kier alpha value is -1.95. The second kappa shape index (κ2) is 11.9. The molecule has 0 bridgehead atoms. The maximum atomic E-state index is 13.2. The van der Waals surface area contributed by atoms with Crippen LogP contribution in [-0.4, -0.2) is 44.5 Å². The number of pyridine rings is 1. The number of hydrogen-bond acceptors (Lipinski definition) is 5. The first-order chi connectivity index (χ1) is 13.2. The maximum absolute atomic E-state index is 13.2. The van der Waals surface area contributed by atoms with Gasteiger partial charge in [-0.2, -0.15) is 0 Å². The average molecular weight is 536 g/mol. The number of nitrogens with one attached hydrogen (secondary N) is 2. The molecule has 2 rings (SSSR count). The Bertz CT molecular complexity index is 908. The molecule has 2 N–H and O–H groups in total. The lowest BCUT2D eigenvalue weighted by molar-refractivity contribution is 0.457. The fraction of sp³-hybridized carbons (Fsp3) is 0.368. The molecule has 2 aromatic rings. The van der Waals surface area contributed by atoms with Gasteiger partial charge < -0.3 is 15.4 Å². The van der Waals surface area contributed by atoms with Crippen LogP contribution in [0.2, 0.25) is 0 Å². The third kappa shape index (κ3) is 9.88. The molecule has 1 aromatic carbocycles. The Morgan fingerprint density at radius 3 is 2.66 bits per heavy atom. The standard InChI is InChI=1S/C19H25FN4O3S.HI/c1-14(9-10-28(3,25)26)24-19(21-2)23-13-15-7-8-18(22-12-15)27-17-6-4-5-16(20)11-17;/h4-8,11-12,14H,9-10,13H2,1-3H3,(H2,21,23,24);1H. The maximum Gasteiger partial charge on any atom is 0.219 e. The number of aliphatic imine (C=N–C) groups is 1. The van der Waals surface area contributed by atoms with Crippen LogP contribution in [0.3, 0.4) is 0 Å². The minimum absolute atomic E-state index is 0. The predicted octanol–water partition coefficient (Wildman–Crippen LogP) is 3.12. The molecule has 7 nitrogen and oxygen atoms in total. The molecule has 10 heteroatoms. The molecular weight excluding hydrogens is 510 g/mol. The molecule has 0 saturated heterocycles. The van der Waals surface area contributed by atoms with E-state index in [9.17, 15) is 12.8 Å². The van der Waals surface area contributed by atoms with Crippen LogP contribution in [0.5, 0.6) is 11.6 Å². The molecule has 0 aliphatic rings. The van der Waals surface area contributed by atoms with Crippen molar-refractivity contribution >= 4 is 39.8 Å². The lowest BCUT2D eigenvalue weighted by Gasteiger charge is -2.17. The van der Waals surface area contributed by atoms with Crippen LogP contribution < -0.4 is 15.4 Å². The molecule has 0 amide bonds. The summed E-state index contributed by atoms with van der Waals surface area (Å²) in [6.07, 6.45) is 3.37. The molecule has 1 heterocycles. The average Bonchev–Trinajstić information content (AvgIpc) is 2.64. The molecule has 0 fully saturated rings. The molecular formula is C19H26FIN4O3S. The SMILES string of the molecule is CN=C(NCc1ccc(Oc2cccc(F)c2)nc1)NC(C)CCS(C)(=O)=O.I. The zero-order chi connectivity index (χ0) is 20.6. The van der Waals surface area contributed by atoms with Crippen molar-refractivity contribution in [3.8, 4) is 11.6 Å². The zero-order valence-electron chi connectivity index (χ0n) is 16.6. The van der Waals surface area contributed by atoms with Crippen LogP contribution in [-0.2, 0) is 16.4 Å². The monoisotopic (exact) mass is 536 g/mol. The third-order valence-electron chi connectivity index (χ3n) is 3.80. The Labute approximate surface area is 188 Å². The van der Waals surface area contributed by atoms with Gasteiger partial charge in [0, 0.05) is 44.2 Å². The van der Waals surface area contributed by atoms with Crippen molar-refractivity contribution < 1.29 is 17.5 Å². The quantitative estimate of drug-likeness (QED) is 0.306. The molecule has 0 radical (unpaired) electrons. The topological polar surface area (TPSA) is 92.7 Å². The van der Waals surface area contributed by atoms with Crippen LogP contribution in [0.1, 0.15) is 18.9 Å². The summed E-state index contributed by atoms with van der Waals surface area (Å²) >= 11 is 0. The van der Waals surface area contributed by atoms with Crippen molar-refractivity contribution in [2.75, 3.05) is 19.1 Å². The number of halogens is 2. The van der Waals surface area contributed by atoms with Gasteiger partial charge in [0.1, 0.15) is 21.4 Å². The smallest absolute Gasteiger partial charge is 0.219 e. The summed E-state index contributed by atoms with van der Waals surface area (Å²) in [5, 5.41) is 6.30. The van der Waals surface area contributed by atoms with Crippen molar-refractivity contribution in [3.05, 3.63) is 54.0 Å². The lowest BCUT2D eigenvalue weighted by atomic mass is 10.2. The van der Waals surface area contributed by atoms with Gasteiger partial charge in [-0.1, -0.05) is 12.1 Å². The summed E-state index contributed by atoms with van der Waals surface area (Å²) in [5.74, 6) is 1.07. The van der Waals surface area contributed by atoms with Crippen LogP contribution in [0.25, 0.3) is 0 Å². The Morgan fingerprint density at radius 1 is 1.31 bits per heavy atom. The van der Waals surface area contributed by atoms with E-state index in [1.165, 1.54) is 18.4 Å². The fourth-order valence-electron chi connectivity index (χ4n) is 2.30. The van der Waals surface area contributed by atoms with Crippen molar-refractivity contribution in [2.45, 2.75) is 25.9 Å². The second-order valence-corrected chi connectivity index (χ2v) is 8.71. The molecule has 29 heavy (non-hydrogen) atoms. The first-order valence-corrected chi connectivity index (χ1v) is 10.8. The van der Waals surface area contributed by atoms with Crippen LogP contribution >= 0.6 is 24.0 Å². The molecule has 1 unspecified atom stereocenters. The van der Waals surface area contributed by atoms with Crippen LogP contribution in [0, 0.1) is 5.82 Å². The summed E-state index contributed by atoms with van der Waals surface area (Å²) in [4.78, 5) is 8.35. The van der Waals surface area contributed by atoms with E-state index >= 15 is 0 Å². The Morgan fingerprint density at radius 2 is 2.07 bits per heavy atom. The van der Waals surface area contributed by atoms with Gasteiger partial charge in [0.2, 0.25) is 5.88 Å². The van der Waals surface area contributed by atoms with Crippen molar-refractivity contribution in [1.82, 2.24) is 15.6 Å². The van der Waals surface area contributed by atoms with E-state index in [0.717, 1.165) is 5.56 Å². The van der Waals surface area contributed by atoms with Gasteiger partial charge in [0.25, 0.3) is 0 Å². The third-order valence-corrected chi connectivity index (χ3v) is 4.78. The van der Waals surface area contributed by atoms with Gasteiger partial charge >= 0.3 is 0 Å². The highest BCUT2D eigenvalue weighted by Gasteiger charge is 2.09. The number of benzene rings is 1. The minimum Gasteiger partial charge on any atom is -0.439 e. The number of hydrogen-bond donors (Lipinski definition) is 2. The number of nitrogens with zero attached hydrogens (tertiary/aromatic N) is 2. The molecule has 160 valence electrons. The molecule has 1 aromatic heterocycles. The fourth-order valence-corrected chi connectivity index (χ4v) is 3.09. The molecule has 0 spiro atoms. The second-order valence-electron chi connectivity index (χ2n) is 6.45. The number of guanidine groups is 1. The number of aromatic nitrogens is 1. The van der Waals surface area contributed by atoms with Gasteiger partial charge in [0.05, 0.1) is 5.75 Å². The van der Waals surface area contributed by atoms with Gasteiger partial charge in [-0.15, -0.1) is 24.0 Å². The van der Waals surface area contributed by atoms with Crippen LogP contribution in [0.15, 0.2) is 47.6 Å². The Kier molecular flexibility index (Phi) is 10.3. The Balaban J connectivity index is 0.00000420. The van der Waals surface area contributed by atoms with Crippen molar-refractivity contribution in [2.24, 2.45) is 4.99 Å². The first-order valence-electron chi connectivity index (χ1n) is 8.78. The lowest BCUT2D eigenvalue weighted by Crippen LogP contribution is -2.42. The largest absolute Gasteiger partial charge is 0.439 e. The molecule has 0 aliphatic heterocycles. The van der Waals surface area contributed by atoms with E-state index in [0.29, 0.717) is 30.6 Å². The van der Waals surface area contributed by atoms with E-state index in [1.807, 2.05) is 13.0 Å². The zero-order valence-corrected chi connectivity index (χ0v) is 19.7. The summed E-state index contributed by atoms with van der Waals surface area (Å²) < 4.78 is 41.2. The van der Waals surface area contributed by atoms with Crippen molar-refractivity contribution in [1.29, 1.82) is 0 Å². The molecule has 1 atom stereocenters. The summed E-state index contributed by atoms with van der Waals surface area (Å²) in [6, 6.07) is 9.36. The van der Waals surface area contributed by atoms with E-state index in [1.54, 1.807) is 31.4 Å².